The summed E-state index contributed by atoms with van der Waals surface area (Å²) in [7, 11) is -3.33. The Morgan fingerprint density at radius 2 is 2.20 bits per heavy atom. The van der Waals surface area contributed by atoms with E-state index in [4.69, 9.17) is 9.88 Å². The van der Waals surface area contributed by atoms with Gasteiger partial charge in [-0.3, -0.25) is 0 Å². The van der Waals surface area contributed by atoms with Gasteiger partial charge in [0.1, 0.15) is 0 Å². The van der Waals surface area contributed by atoms with Gasteiger partial charge in [0.2, 0.25) is 10.0 Å². The van der Waals surface area contributed by atoms with Gasteiger partial charge in [-0.05, 0) is 17.9 Å². The minimum absolute atomic E-state index is 0.00793. The minimum atomic E-state index is -3.33. The highest BCUT2D eigenvalue weighted by Gasteiger charge is 2.01. The summed E-state index contributed by atoms with van der Waals surface area (Å²) in [5.74, 6) is -0.00793. The highest BCUT2D eigenvalue weighted by Crippen LogP contribution is 2.08. The Morgan fingerprint density at radius 1 is 1.40 bits per heavy atom. The van der Waals surface area contributed by atoms with Crippen molar-refractivity contribution in [2.24, 2.45) is 5.14 Å². The van der Waals surface area contributed by atoms with Crippen molar-refractivity contribution in [1.82, 2.24) is 0 Å². The van der Waals surface area contributed by atoms with Crippen LogP contribution in [0, 0.1) is 0 Å². The lowest BCUT2D eigenvalue weighted by molar-refractivity contribution is 0.139. The standard InChI is InChI=1S/C9H15NO3S2/c10-15(11,12)8-2-5-13-6-4-9-3-1-7-14-9/h1,3,7H,2,4-6,8H2,(H2,10,11,12). The van der Waals surface area contributed by atoms with Crippen LogP contribution in [0.2, 0.25) is 0 Å². The zero-order chi connectivity index (χ0) is 11.1. The highest BCUT2D eigenvalue weighted by atomic mass is 32.2. The van der Waals surface area contributed by atoms with Crippen molar-refractivity contribution in [1.29, 1.82) is 0 Å². The summed E-state index contributed by atoms with van der Waals surface area (Å²) < 4.78 is 26.4. The molecule has 0 atom stereocenters. The summed E-state index contributed by atoms with van der Waals surface area (Å²) >= 11 is 1.70. The molecule has 0 unspecified atom stereocenters. The first-order chi connectivity index (χ1) is 7.08. The van der Waals surface area contributed by atoms with E-state index in [0.29, 0.717) is 19.6 Å². The molecule has 15 heavy (non-hydrogen) atoms. The van der Waals surface area contributed by atoms with Crippen molar-refractivity contribution in [2.45, 2.75) is 12.8 Å². The molecule has 4 nitrogen and oxygen atoms in total. The van der Waals surface area contributed by atoms with Gasteiger partial charge in [0.15, 0.2) is 0 Å². The third kappa shape index (κ3) is 6.62. The van der Waals surface area contributed by atoms with Crippen molar-refractivity contribution in [3.8, 4) is 0 Å². The van der Waals surface area contributed by atoms with Crippen molar-refractivity contribution < 1.29 is 13.2 Å². The largest absolute Gasteiger partial charge is 0.381 e. The fourth-order valence-corrected chi connectivity index (χ4v) is 2.30. The molecule has 6 heteroatoms. The predicted octanol–water partition coefficient (Wildman–Crippen LogP) is 0.986. The van der Waals surface area contributed by atoms with Crippen molar-refractivity contribution >= 4 is 21.4 Å². The van der Waals surface area contributed by atoms with Crippen LogP contribution in [-0.4, -0.2) is 27.4 Å². The molecule has 1 heterocycles. The number of ether oxygens (including phenoxy) is 1. The number of hydrogen-bond acceptors (Lipinski definition) is 4. The molecule has 0 radical (unpaired) electrons. The lowest BCUT2D eigenvalue weighted by Crippen LogP contribution is -2.17. The second kappa shape index (κ2) is 6.22. The molecule has 1 aromatic heterocycles. The van der Waals surface area contributed by atoms with Gasteiger partial charge >= 0.3 is 0 Å². The summed E-state index contributed by atoms with van der Waals surface area (Å²) in [6.45, 7) is 1.08. The van der Waals surface area contributed by atoms with Crippen LogP contribution >= 0.6 is 11.3 Å². The molecular formula is C9H15NO3S2. The zero-order valence-electron chi connectivity index (χ0n) is 8.39. The number of nitrogens with two attached hydrogens (primary N) is 1. The Bertz CT molecular complexity index is 359. The molecule has 0 amide bonds. The monoisotopic (exact) mass is 249 g/mol. The van der Waals surface area contributed by atoms with Crippen molar-refractivity contribution in [3.63, 3.8) is 0 Å². The van der Waals surface area contributed by atoms with Crippen LogP contribution in [0.3, 0.4) is 0 Å². The van der Waals surface area contributed by atoms with Crippen molar-refractivity contribution in [3.05, 3.63) is 22.4 Å². The van der Waals surface area contributed by atoms with E-state index in [1.165, 1.54) is 4.88 Å². The SMILES string of the molecule is NS(=O)(=O)CCCOCCc1cccs1. The molecule has 0 aliphatic heterocycles. The Balaban J connectivity index is 1.99. The summed E-state index contributed by atoms with van der Waals surface area (Å²) in [5.41, 5.74) is 0. The van der Waals surface area contributed by atoms with E-state index < -0.39 is 10.0 Å². The molecule has 0 fully saturated rings. The Hall–Kier alpha value is -0.430. The number of sulfonamides is 1. The van der Waals surface area contributed by atoms with Gasteiger partial charge in [-0.1, -0.05) is 6.07 Å². The molecular weight excluding hydrogens is 234 g/mol. The van der Waals surface area contributed by atoms with E-state index in [1.807, 2.05) is 11.4 Å². The smallest absolute Gasteiger partial charge is 0.209 e. The summed E-state index contributed by atoms with van der Waals surface area (Å²) in [6.07, 6.45) is 1.34. The molecule has 0 saturated heterocycles. The average molecular weight is 249 g/mol. The molecule has 0 saturated carbocycles. The van der Waals surface area contributed by atoms with Gasteiger partial charge in [-0.15, -0.1) is 11.3 Å². The molecule has 86 valence electrons. The lowest BCUT2D eigenvalue weighted by Gasteiger charge is -2.02. The molecule has 0 spiro atoms. The molecule has 0 aromatic carbocycles. The second-order valence-electron chi connectivity index (χ2n) is 3.16. The van der Waals surface area contributed by atoms with Gasteiger partial charge in [-0.2, -0.15) is 0 Å². The number of primary sulfonamides is 1. The zero-order valence-corrected chi connectivity index (χ0v) is 10.0. The molecule has 1 aromatic rings. The van der Waals surface area contributed by atoms with Crippen LogP contribution in [0.1, 0.15) is 11.3 Å². The summed E-state index contributed by atoms with van der Waals surface area (Å²) in [5, 5.41) is 6.87. The van der Waals surface area contributed by atoms with Gasteiger partial charge in [0.25, 0.3) is 0 Å². The van der Waals surface area contributed by atoms with Crippen LogP contribution in [0.4, 0.5) is 0 Å². The third-order valence-electron chi connectivity index (χ3n) is 1.79. The lowest BCUT2D eigenvalue weighted by atomic mass is 10.4. The fraction of sp³-hybridized carbons (Fsp3) is 0.556. The van der Waals surface area contributed by atoms with E-state index in [1.54, 1.807) is 11.3 Å². The fourth-order valence-electron chi connectivity index (χ4n) is 1.09. The first-order valence-electron chi connectivity index (χ1n) is 4.68. The average Bonchev–Trinajstić information content (AvgIpc) is 2.61. The first-order valence-corrected chi connectivity index (χ1v) is 7.28. The highest BCUT2D eigenvalue weighted by molar-refractivity contribution is 7.89. The van der Waals surface area contributed by atoms with E-state index in [0.717, 1.165) is 6.42 Å². The minimum Gasteiger partial charge on any atom is -0.381 e. The van der Waals surface area contributed by atoms with Gasteiger partial charge in [-0.25, -0.2) is 13.6 Å². The Morgan fingerprint density at radius 3 is 2.80 bits per heavy atom. The van der Waals surface area contributed by atoms with Gasteiger partial charge in [0, 0.05) is 17.9 Å². The first kappa shape index (κ1) is 12.6. The van der Waals surface area contributed by atoms with Crippen LogP contribution in [0.5, 0.6) is 0 Å². The van der Waals surface area contributed by atoms with E-state index in [2.05, 4.69) is 6.07 Å². The molecule has 2 N–H and O–H groups in total. The van der Waals surface area contributed by atoms with Crippen molar-refractivity contribution in [2.75, 3.05) is 19.0 Å². The number of hydrogen-bond donors (Lipinski definition) is 1. The second-order valence-corrected chi connectivity index (χ2v) is 5.93. The molecule has 0 aliphatic rings. The molecule has 0 bridgehead atoms. The van der Waals surface area contributed by atoms with Crippen LogP contribution < -0.4 is 5.14 Å². The third-order valence-corrected chi connectivity index (χ3v) is 3.58. The van der Waals surface area contributed by atoms with Crippen LogP contribution in [-0.2, 0) is 21.2 Å². The number of thiophene rings is 1. The maximum Gasteiger partial charge on any atom is 0.209 e. The van der Waals surface area contributed by atoms with E-state index in [-0.39, 0.29) is 5.75 Å². The maximum absolute atomic E-state index is 10.6. The van der Waals surface area contributed by atoms with Crippen LogP contribution in [0.15, 0.2) is 17.5 Å². The molecule has 1 rings (SSSR count). The van der Waals surface area contributed by atoms with E-state index in [9.17, 15) is 8.42 Å². The molecule has 0 aliphatic carbocycles. The Kier molecular flexibility index (Phi) is 5.24. The number of rotatable bonds is 7. The topological polar surface area (TPSA) is 69.4 Å². The Labute approximate surface area is 94.1 Å². The van der Waals surface area contributed by atoms with Crippen LogP contribution in [0.25, 0.3) is 0 Å². The van der Waals surface area contributed by atoms with E-state index >= 15 is 0 Å². The van der Waals surface area contributed by atoms with Gasteiger partial charge in [0.05, 0.1) is 12.4 Å². The maximum atomic E-state index is 10.6. The normalized spacial score (nSPS) is 11.8. The summed E-state index contributed by atoms with van der Waals surface area (Å²) in [6, 6.07) is 4.05. The predicted molar refractivity (Wildman–Crippen MR) is 61.4 cm³/mol. The van der Waals surface area contributed by atoms with Gasteiger partial charge < -0.3 is 4.74 Å². The summed E-state index contributed by atoms with van der Waals surface area (Å²) in [4.78, 5) is 1.28. The quantitative estimate of drug-likeness (QED) is 0.732.